The van der Waals surface area contributed by atoms with Gasteiger partial charge in [-0.05, 0) is 43.9 Å². The van der Waals surface area contributed by atoms with Gasteiger partial charge in [0.2, 0.25) is 0 Å². The fraction of sp³-hybridized carbons (Fsp3) is 0.391. The third kappa shape index (κ3) is 5.83. The summed E-state index contributed by atoms with van der Waals surface area (Å²) < 4.78 is 18.1. The van der Waals surface area contributed by atoms with Crippen LogP contribution in [0.1, 0.15) is 26.3 Å². The lowest BCUT2D eigenvalue weighted by Crippen LogP contribution is -2.52. The fourth-order valence-electron chi connectivity index (χ4n) is 3.34. The molecule has 3 N–H and O–H groups in total. The predicted octanol–water partition coefficient (Wildman–Crippen LogP) is 2.01. The number of hydrogen-bond acceptors (Lipinski definition) is 7. The molecule has 178 valence electrons. The first-order valence-corrected chi connectivity index (χ1v) is 10.2. The van der Waals surface area contributed by atoms with Crippen molar-refractivity contribution in [3.63, 3.8) is 0 Å². The summed E-state index contributed by atoms with van der Waals surface area (Å²) in [6, 6.07) is 5.84. The molecule has 2 unspecified atom stereocenters. The van der Waals surface area contributed by atoms with E-state index in [9.17, 15) is 34.1 Å². The molecule has 0 spiro atoms. The number of aliphatic hydroxyl groups excluding tert-OH is 1. The summed E-state index contributed by atoms with van der Waals surface area (Å²) in [4.78, 5) is 41.9. The van der Waals surface area contributed by atoms with Crippen molar-refractivity contribution in [2.75, 3.05) is 20.2 Å². The van der Waals surface area contributed by atoms with Gasteiger partial charge in [0.25, 0.3) is 5.91 Å². The lowest BCUT2D eigenvalue weighted by Gasteiger charge is -2.35. The maximum absolute atomic E-state index is 13.2. The second kappa shape index (κ2) is 10.4. The van der Waals surface area contributed by atoms with Gasteiger partial charge in [-0.1, -0.05) is 25.1 Å². The Balaban J connectivity index is 2.57. The normalized spacial score (nSPS) is 19.6. The summed E-state index contributed by atoms with van der Waals surface area (Å²) in [6.07, 6.45) is 1.99. The van der Waals surface area contributed by atoms with E-state index in [1.54, 1.807) is 25.1 Å². The highest BCUT2D eigenvalue weighted by Crippen LogP contribution is 2.28. The number of halogens is 1. The number of carbonyl (C=O) groups excluding carboxylic acids is 2. The molecule has 1 aromatic rings. The van der Waals surface area contributed by atoms with Crippen LogP contribution in [0.25, 0.3) is 0 Å². The van der Waals surface area contributed by atoms with Crippen molar-refractivity contribution < 1.29 is 38.8 Å². The minimum absolute atomic E-state index is 0.0317. The highest BCUT2D eigenvalue weighted by molar-refractivity contribution is 6.29. The molecule has 2 atom stereocenters. The number of aliphatic carboxylic acids is 1. The SMILES string of the molecule is CCOC(=O)C1=C(O)C(=NC)/C(=C\C(C)Cc2ccc(F)cc2)N(CC(C)(O)C(=O)O)C1=O. The van der Waals surface area contributed by atoms with Gasteiger partial charge in [0.05, 0.1) is 18.8 Å². The zero-order valence-electron chi connectivity index (χ0n) is 18.8. The number of amides is 1. The number of carboxylic acids is 1. The van der Waals surface area contributed by atoms with Crippen molar-refractivity contribution in [2.45, 2.75) is 32.8 Å². The lowest BCUT2D eigenvalue weighted by molar-refractivity contribution is -0.158. The molecular formula is C23H27FN2O7. The second-order valence-electron chi connectivity index (χ2n) is 7.85. The van der Waals surface area contributed by atoms with Crippen molar-refractivity contribution in [3.05, 3.63) is 58.8 Å². The molecule has 1 amide bonds. The van der Waals surface area contributed by atoms with E-state index < -0.39 is 41.3 Å². The Morgan fingerprint density at radius 1 is 1.30 bits per heavy atom. The highest BCUT2D eigenvalue weighted by Gasteiger charge is 2.44. The molecule has 0 saturated heterocycles. The molecule has 10 heteroatoms. The number of hydrogen-bond donors (Lipinski definition) is 3. The largest absolute Gasteiger partial charge is 0.505 e. The molecule has 1 aliphatic heterocycles. The van der Waals surface area contributed by atoms with Crippen molar-refractivity contribution in [3.8, 4) is 0 Å². The van der Waals surface area contributed by atoms with Gasteiger partial charge in [-0.25, -0.2) is 14.0 Å². The van der Waals surface area contributed by atoms with Crippen molar-refractivity contribution in [2.24, 2.45) is 10.9 Å². The monoisotopic (exact) mass is 462 g/mol. The standard InChI is InChI=1S/C23H27FN2O7/c1-5-33-21(29)17-19(27)18(25-4)16(26(20(17)28)12-23(3,32)22(30)31)11-13(2)10-14-6-8-15(24)9-7-14/h6-9,11,13,27,32H,5,10,12H2,1-4H3,(H,30,31)/b16-11+,25-18?. The Morgan fingerprint density at radius 2 is 1.91 bits per heavy atom. The topological polar surface area (TPSA) is 137 Å². The van der Waals surface area contributed by atoms with Crippen molar-refractivity contribution >= 4 is 23.6 Å². The molecule has 0 fully saturated rings. The van der Waals surface area contributed by atoms with Crippen LogP contribution in [0, 0.1) is 11.7 Å². The summed E-state index contributed by atoms with van der Waals surface area (Å²) in [5, 5.41) is 30.4. The number of aliphatic hydroxyl groups is 2. The number of ether oxygens (including phenoxy) is 1. The Labute approximate surface area is 190 Å². The zero-order valence-corrected chi connectivity index (χ0v) is 18.8. The van der Waals surface area contributed by atoms with Crippen LogP contribution >= 0.6 is 0 Å². The van der Waals surface area contributed by atoms with Crippen LogP contribution in [0.2, 0.25) is 0 Å². The van der Waals surface area contributed by atoms with Crippen LogP contribution in [0.15, 0.2) is 52.4 Å². The molecule has 33 heavy (non-hydrogen) atoms. The summed E-state index contributed by atoms with van der Waals surface area (Å²) in [5.41, 5.74) is -2.37. The molecular weight excluding hydrogens is 435 g/mol. The third-order valence-corrected chi connectivity index (χ3v) is 5.00. The first-order chi connectivity index (χ1) is 15.4. The van der Waals surface area contributed by atoms with E-state index in [1.165, 1.54) is 26.1 Å². The number of benzene rings is 1. The van der Waals surface area contributed by atoms with E-state index in [0.29, 0.717) is 6.42 Å². The first kappa shape index (κ1) is 25.7. The number of rotatable bonds is 8. The Hall–Kier alpha value is -3.53. The first-order valence-electron chi connectivity index (χ1n) is 10.2. The molecule has 0 radical (unpaired) electrons. The number of carboxylic acid groups (broad SMARTS) is 1. The Kier molecular flexibility index (Phi) is 8.10. The van der Waals surface area contributed by atoms with E-state index in [1.807, 2.05) is 0 Å². The summed E-state index contributed by atoms with van der Waals surface area (Å²) >= 11 is 0. The molecule has 0 aliphatic carbocycles. The van der Waals surface area contributed by atoms with Gasteiger partial charge < -0.3 is 25.0 Å². The smallest absolute Gasteiger partial charge is 0.347 e. The number of β-amino-alcohol motifs (C(OH)–C–C–N with tert-alkyl or cyclic N) is 1. The number of carbonyl (C=O) groups is 3. The Bertz CT molecular complexity index is 1030. The van der Waals surface area contributed by atoms with Gasteiger partial charge in [-0.3, -0.25) is 9.79 Å². The second-order valence-corrected chi connectivity index (χ2v) is 7.85. The number of allylic oxidation sites excluding steroid dienone is 1. The van der Waals surface area contributed by atoms with E-state index in [4.69, 9.17) is 4.74 Å². The maximum Gasteiger partial charge on any atom is 0.347 e. The van der Waals surface area contributed by atoms with E-state index >= 15 is 0 Å². The minimum atomic E-state index is -2.36. The molecule has 0 aromatic heterocycles. The van der Waals surface area contributed by atoms with Gasteiger partial charge in [0.15, 0.2) is 16.9 Å². The summed E-state index contributed by atoms with van der Waals surface area (Å²) in [7, 11) is 1.33. The molecule has 1 aliphatic rings. The Morgan fingerprint density at radius 3 is 2.42 bits per heavy atom. The van der Waals surface area contributed by atoms with Crippen LogP contribution in [0.4, 0.5) is 4.39 Å². The van der Waals surface area contributed by atoms with Gasteiger partial charge >= 0.3 is 11.9 Å². The van der Waals surface area contributed by atoms with Crippen molar-refractivity contribution in [1.82, 2.24) is 4.90 Å². The van der Waals surface area contributed by atoms with Crippen molar-refractivity contribution in [1.29, 1.82) is 0 Å². The van der Waals surface area contributed by atoms with Crippen LogP contribution < -0.4 is 0 Å². The molecule has 9 nitrogen and oxygen atoms in total. The summed E-state index contributed by atoms with van der Waals surface area (Å²) in [5.74, 6) is -5.08. The molecule has 2 rings (SSSR count). The van der Waals surface area contributed by atoms with E-state index in [-0.39, 0.29) is 29.8 Å². The molecule has 0 saturated carbocycles. The van der Waals surface area contributed by atoms with Gasteiger partial charge in [0, 0.05) is 7.05 Å². The average molecular weight is 462 g/mol. The molecule has 1 aromatic carbocycles. The van der Waals surface area contributed by atoms with Crippen LogP contribution in [-0.2, 0) is 25.5 Å². The third-order valence-electron chi connectivity index (χ3n) is 5.00. The van der Waals surface area contributed by atoms with E-state index in [0.717, 1.165) is 17.4 Å². The minimum Gasteiger partial charge on any atom is -0.505 e. The van der Waals surface area contributed by atoms with E-state index in [2.05, 4.69) is 4.99 Å². The highest BCUT2D eigenvalue weighted by atomic mass is 19.1. The molecule has 0 bridgehead atoms. The lowest BCUT2D eigenvalue weighted by atomic mass is 9.94. The maximum atomic E-state index is 13.2. The summed E-state index contributed by atoms with van der Waals surface area (Å²) in [6.45, 7) is 3.54. The fourth-order valence-corrected chi connectivity index (χ4v) is 3.34. The number of aliphatic imine (C=N–C) groups is 1. The van der Waals surface area contributed by atoms with Crippen LogP contribution in [0.5, 0.6) is 0 Å². The molecule has 1 heterocycles. The predicted molar refractivity (Wildman–Crippen MR) is 117 cm³/mol. The number of esters is 1. The van der Waals surface area contributed by atoms with Crippen LogP contribution in [0.3, 0.4) is 0 Å². The zero-order chi connectivity index (χ0) is 24.9. The number of nitrogens with zero attached hydrogens (tertiary/aromatic N) is 2. The van der Waals surface area contributed by atoms with Crippen LogP contribution in [-0.4, -0.2) is 69.6 Å². The van der Waals surface area contributed by atoms with Gasteiger partial charge in [0.1, 0.15) is 11.5 Å². The van der Waals surface area contributed by atoms with Gasteiger partial charge in [-0.15, -0.1) is 0 Å². The quantitative estimate of drug-likeness (QED) is 0.397. The average Bonchev–Trinajstić information content (AvgIpc) is 2.73. The van der Waals surface area contributed by atoms with Gasteiger partial charge in [-0.2, -0.15) is 0 Å².